The van der Waals surface area contributed by atoms with Gasteiger partial charge in [-0.05, 0) is 55.3 Å². The molecule has 30 heavy (non-hydrogen) atoms. The van der Waals surface area contributed by atoms with Crippen molar-refractivity contribution in [2.24, 2.45) is 0 Å². The number of carbonyl (C=O) groups is 1. The Morgan fingerprint density at radius 1 is 1.03 bits per heavy atom. The Bertz CT molecular complexity index is 1150. The van der Waals surface area contributed by atoms with E-state index in [1.807, 2.05) is 0 Å². The number of benzene rings is 2. The van der Waals surface area contributed by atoms with E-state index in [1.165, 1.54) is 37.4 Å². The molecule has 1 amide bonds. The number of sulfonamides is 2. The zero-order chi connectivity index (χ0) is 22.7. The molecule has 0 saturated carbocycles. The summed E-state index contributed by atoms with van der Waals surface area (Å²) in [5.41, 5.74) is 1.70. The first-order valence-corrected chi connectivity index (χ1v) is 12.2. The number of amides is 1. The number of rotatable bonds is 8. The summed E-state index contributed by atoms with van der Waals surface area (Å²) < 4.78 is 65.4. The fraction of sp³-hybridized carbons (Fsp3) is 0.316. The fourth-order valence-corrected chi connectivity index (χ4v) is 4.59. The molecule has 0 aromatic heterocycles. The first-order chi connectivity index (χ1) is 13.8. The van der Waals surface area contributed by atoms with Crippen molar-refractivity contribution >= 4 is 37.3 Å². The topological polar surface area (TPSA) is 113 Å². The van der Waals surface area contributed by atoms with Crippen LogP contribution in [0.3, 0.4) is 0 Å². The van der Waals surface area contributed by atoms with Crippen LogP contribution in [0.5, 0.6) is 0 Å². The summed E-state index contributed by atoms with van der Waals surface area (Å²) in [5, 5.41) is 2.54. The lowest BCUT2D eigenvalue weighted by Gasteiger charge is -2.21. The summed E-state index contributed by atoms with van der Waals surface area (Å²) in [4.78, 5) is 11.9. The molecule has 0 fully saturated rings. The first-order valence-electron chi connectivity index (χ1n) is 8.91. The highest BCUT2D eigenvalue weighted by atomic mass is 32.2. The van der Waals surface area contributed by atoms with Crippen molar-refractivity contribution in [3.8, 4) is 0 Å². The molecular formula is C19H24FN3O5S2. The van der Waals surface area contributed by atoms with Gasteiger partial charge in [0.15, 0.2) is 0 Å². The van der Waals surface area contributed by atoms with Gasteiger partial charge in [-0.3, -0.25) is 9.10 Å². The lowest BCUT2D eigenvalue weighted by Crippen LogP contribution is -2.29. The molecule has 8 nitrogen and oxygen atoms in total. The van der Waals surface area contributed by atoms with Gasteiger partial charge in [0.25, 0.3) is 0 Å². The van der Waals surface area contributed by atoms with E-state index < -0.39 is 31.8 Å². The fourth-order valence-electron chi connectivity index (χ4n) is 2.76. The Labute approximate surface area is 176 Å². The van der Waals surface area contributed by atoms with E-state index in [9.17, 15) is 26.0 Å². The van der Waals surface area contributed by atoms with Crippen molar-refractivity contribution in [3.63, 3.8) is 0 Å². The largest absolute Gasteiger partial charge is 0.326 e. The molecule has 0 unspecified atom stereocenters. The van der Waals surface area contributed by atoms with Gasteiger partial charge < -0.3 is 5.32 Å². The summed E-state index contributed by atoms with van der Waals surface area (Å²) in [6, 6.07) is 8.08. The molecule has 2 aromatic carbocycles. The van der Waals surface area contributed by atoms with Gasteiger partial charge in [0.05, 0.1) is 16.8 Å². The predicted octanol–water partition coefficient (Wildman–Crippen LogP) is 2.15. The number of nitrogens with zero attached hydrogens (tertiary/aromatic N) is 1. The van der Waals surface area contributed by atoms with Gasteiger partial charge >= 0.3 is 0 Å². The highest BCUT2D eigenvalue weighted by Crippen LogP contribution is 2.27. The second kappa shape index (κ2) is 9.11. The smallest absolute Gasteiger partial charge is 0.240 e. The van der Waals surface area contributed by atoms with E-state index in [1.54, 1.807) is 19.9 Å². The van der Waals surface area contributed by atoms with Gasteiger partial charge in [0, 0.05) is 25.7 Å². The van der Waals surface area contributed by atoms with Crippen LogP contribution in [0.4, 0.5) is 15.8 Å². The van der Waals surface area contributed by atoms with Crippen LogP contribution in [0.15, 0.2) is 41.3 Å². The predicted molar refractivity (Wildman–Crippen MR) is 114 cm³/mol. The highest BCUT2D eigenvalue weighted by molar-refractivity contribution is 7.92. The molecule has 0 spiro atoms. The van der Waals surface area contributed by atoms with Gasteiger partial charge in [0.1, 0.15) is 5.82 Å². The summed E-state index contributed by atoms with van der Waals surface area (Å²) in [5.74, 6) is -0.877. The van der Waals surface area contributed by atoms with Crippen LogP contribution in [0, 0.1) is 19.7 Å². The molecule has 0 aliphatic carbocycles. The molecule has 0 aliphatic heterocycles. The second-order valence-corrected chi connectivity index (χ2v) is 10.6. The maximum absolute atomic E-state index is 12.9. The normalized spacial score (nSPS) is 11.9. The van der Waals surface area contributed by atoms with Crippen LogP contribution in [0.25, 0.3) is 0 Å². The minimum absolute atomic E-state index is 0.0717. The van der Waals surface area contributed by atoms with E-state index in [0.29, 0.717) is 16.8 Å². The average Bonchev–Trinajstić information content (AvgIpc) is 2.62. The van der Waals surface area contributed by atoms with Crippen molar-refractivity contribution in [2.45, 2.75) is 25.2 Å². The lowest BCUT2D eigenvalue weighted by molar-refractivity contribution is -0.116. The number of nitrogens with one attached hydrogen (secondary N) is 2. The molecule has 2 rings (SSSR count). The Hall–Kier alpha value is -2.50. The van der Waals surface area contributed by atoms with Crippen molar-refractivity contribution in [1.82, 2.24) is 4.72 Å². The maximum Gasteiger partial charge on any atom is 0.240 e. The van der Waals surface area contributed by atoms with Gasteiger partial charge in [-0.2, -0.15) is 0 Å². The molecule has 0 radical (unpaired) electrons. The monoisotopic (exact) mass is 457 g/mol. The van der Waals surface area contributed by atoms with Crippen LogP contribution in [0.2, 0.25) is 0 Å². The van der Waals surface area contributed by atoms with Crippen LogP contribution in [0.1, 0.15) is 17.5 Å². The number of halogens is 1. The highest BCUT2D eigenvalue weighted by Gasteiger charge is 2.22. The van der Waals surface area contributed by atoms with Gasteiger partial charge in [-0.1, -0.05) is 6.07 Å². The Kier molecular flexibility index (Phi) is 7.22. The molecule has 0 bridgehead atoms. The lowest BCUT2D eigenvalue weighted by atomic mass is 10.1. The van der Waals surface area contributed by atoms with Gasteiger partial charge in [0.2, 0.25) is 26.0 Å². The minimum Gasteiger partial charge on any atom is -0.326 e. The number of aryl methyl sites for hydroxylation is 2. The minimum atomic E-state index is -3.98. The first kappa shape index (κ1) is 23.8. The van der Waals surface area contributed by atoms with Crippen LogP contribution in [-0.4, -0.2) is 42.6 Å². The molecule has 2 N–H and O–H groups in total. The molecule has 164 valence electrons. The Balaban J connectivity index is 2.11. The van der Waals surface area contributed by atoms with E-state index in [0.717, 1.165) is 10.6 Å². The van der Waals surface area contributed by atoms with Gasteiger partial charge in [-0.15, -0.1) is 0 Å². The molecule has 0 aliphatic rings. The zero-order valence-electron chi connectivity index (χ0n) is 17.1. The van der Waals surface area contributed by atoms with Crippen LogP contribution in [-0.2, 0) is 24.8 Å². The summed E-state index contributed by atoms with van der Waals surface area (Å²) in [6.45, 7) is 3.13. The second-order valence-electron chi connectivity index (χ2n) is 6.84. The third-order valence-corrected chi connectivity index (χ3v) is 7.19. The number of carbonyl (C=O) groups excluding carboxylic acids is 1. The Morgan fingerprint density at radius 3 is 2.20 bits per heavy atom. The standard InChI is InChI=1S/C19H24FN3O5S2/c1-13-11-14(2)18(12-17(13)23(3)29(4,25)26)30(27,28)21-10-9-19(24)22-16-7-5-15(20)6-8-16/h5-8,11-12,21H,9-10H2,1-4H3,(H,22,24). The third kappa shape index (κ3) is 6.00. The molecule has 0 atom stereocenters. The van der Waals surface area contributed by atoms with Crippen molar-refractivity contribution in [3.05, 3.63) is 53.3 Å². The SMILES string of the molecule is Cc1cc(C)c(S(=O)(=O)NCCC(=O)Nc2ccc(F)cc2)cc1N(C)S(C)(=O)=O. The summed E-state index contributed by atoms with van der Waals surface area (Å²) >= 11 is 0. The maximum atomic E-state index is 12.9. The van der Waals surface area contributed by atoms with Crippen molar-refractivity contribution < 1.29 is 26.0 Å². The van der Waals surface area contributed by atoms with E-state index in [-0.39, 0.29) is 23.5 Å². The quantitative estimate of drug-likeness (QED) is 0.631. The summed E-state index contributed by atoms with van der Waals surface area (Å²) in [6.07, 6.45) is 0.885. The van der Waals surface area contributed by atoms with Crippen LogP contribution >= 0.6 is 0 Å². The molecule has 11 heteroatoms. The molecule has 0 heterocycles. The van der Waals surface area contributed by atoms with Crippen molar-refractivity contribution in [2.75, 3.05) is 29.5 Å². The zero-order valence-corrected chi connectivity index (χ0v) is 18.7. The number of hydrogen-bond donors (Lipinski definition) is 2. The van der Waals surface area contributed by atoms with E-state index in [2.05, 4.69) is 10.0 Å². The number of anilines is 2. The Morgan fingerprint density at radius 2 is 1.63 bits per heavy atom. The summed E-state index contributed by atoms with van der Waals surface area (Å²) in [7, 11) is -6.21. The van der Waals surface area contributed by atoms with Crippen LogP contribution < -0.4 is 14.3 Å². The van der Waals surface area contributed by atoms with Crippen molar-refractivity contribution in [1.29, 1.82) is 0 Å². The molecular weight excluding hydrogens is 433 g/mol. The number of hydrogen-bond acceptors (Lipinski definition) is 5. The van der Waals surface area contributed by atoms with Gasteiger partial charge in [-0.25, -0.2) is 25.9 Å². The average molecular weight is 458 g/mol. The van der Waals surface area contributed by atoms with E-state index in [4.69, 9.17) is 0 Å². The molecule has 2 aromatic rings. The molecule has 0 saturated heterocycles. The third-order valence-electron chi connectivity index (χ3n) is 4.39. The van der Waals surface area contributed by atoms with E-state index >= 15 is 0 Å².